The quantitative estimate of drug-likeness (QED) is 0.727. The van der Waals surface area contributed by atoms with Crippen LogP contribution < -0.4 is 0 Å². The van der Waals surface area contributed by atoms with Gasteiger partial charge in [-0.1, -0.05) is 37.3 Å². The Morgan fingerprint density at radius 2 is 2.00 bits per heavy atom. The van der Waals surface area contributed by atoms with Crippen molar-refractivity contribution in [1.82, 2.24) is 0 Å². The maximum absolute atomic E-state index is 12.7. The van der Waals surface area contributed by atoms with Crippen LogP contribution in [-0.4, -0.2) is 28.2 Å². The fourth-order valence-corrected chi connectivity index (χ4v) is 4.09. The Balaban J connectivity index is 2.42. The van der Waals surface area contributed by atoms with Gasteiger partial charge in [0.2, 0.25) is 0 Å². The van der Waals surface area contributed by atoms with E-state index in [0.29, 0.717) is 31.3 Å². The second kappa shape index (κ2) is 6.74. The largest absolute Gasteiger partial charge is 0.389 e. The first kappa shape index (κ1) is 18.2. The lowest BCUT2D eigenvalue weighted by molar-refractivity contribution is -0.126. The fraction of sp³-hybridized carbons (Fsp3) is 0.650. The first-order valence-corrected chi connectivity index (χ1v) is 8.56. The smallest absolute Gasteiger partial charge is 0.139 e. The van der Waals surface area contributed by atoms with E-state index in [2.05, 4.69) is 19.2 Å². The first-order valence-electron chi connectivity index (χ1n) is 8.56. The molecule has 1 saturated carbocycles. The molecule has 0 bridgehead atoms. The summed E-state index contributed by atoms with van der Waals surface area (Å²) in [5, 5.41) is 20.8. The molecule has 2 aliphatic carbocycles. The minimum Gasteiger partial charge on any atom is -0.389 e. The van der Waals surface area contributed by atoms with Gasteiger partial charge in [0.1, 0.15) is 5.78 Å². The van der Waals surface area contributed by atoms with Crippen molar-refractivity contribution >= 4 is 5.78 Å². The summed E-state index contributed by atoms with van der Waals surface area (Å²) in [4.78, 5) is 12.7. The Morgan fingerprint density at radius 1 is 1.35 bits per heavy atom. The van der Waals surface area contributed by atoms with Crippen LogP contribution in [0.3, 0.4) is 0 Å². The third-order valence-electron chi connectivity index (χ3n) is 6.00. The summed E-state index contributed by atoms with van der Waals surface area (Å²) in [6.45, 7) is 14.0. The highest BCUT2D eigenvalue weighted by Gasteiger charge is 2.51. The Labute approximate surface area is 139 Å². The molecule has 0 heterocycles. The number of carbonyl (C=O) groups is 1. The Hall–Kier alpha value is -1.19. The number of fused-ring (bicyclic) bond motifs is 1. The van der Waals surface area contributed by atoms with E-state index in [0.717, 1.165) is 12.0 Å². The molecule has 2 aliphatic rings. The lowest BCUT2D eigenvalue weighted by Crippen LogP contribution is -2.34. The summed E-state index contributed by atoms with van der Waals surface area (Å²) in [7, 11) is 0. The zero-order valence-electron chi connectivity index (χ0n) is 14.6. The maximum Gasteiger partial charge on any atom is 0.139 e. The molecule has 0 amide bonds. The Kier molecular flexibility index (Phi) is 5.32. The zero-order chi connectivity index (χ0) is 17.4. The van der Waals surface area contributed by atoms with E-state index in [1.165, 1.54) is 5.57 Å². The van der Waals surface area contributed by atoms with Gasteiger partial charge in [0.15, 0.2) is 0 Å². The molecule has 1 fully saturated rings. The van der Waals surface area contributed by atoms with Crippen molar-refractivity contribution in [3.8, 4) is 0 Å². The molecule has 0 saturated heterocycles. The minimum atomic E-state index is -0.777. The highest BCUT2D eigenvalue weighted by Crippen LogP contribution is 2.52. The molecule has 23 heavy (non-hydrogen) atoms. The number of Topliss-reactive ketones (excluding diaryl/α,β-unsaturated/α-hetero) is 1. The lowest BCUT2D eigenvalue weighted by atomic mass is 9.70. The third kappa shape index (κ3) is 3.51. The van der Waals surface area contributed by atoms with Crippen molar-refractivity contribution in [3.63, 3.8) is 0 Å². The van der Waals surface area contributed by atoms with Gasteiger partial charge in [-0.15, -0.1) is 0 Å². The van der Waals surface area contributed by atoms with Crippen LogP contribution in [0.15, 0.2) is 36.0 Å². The summed E-state index contributed by atoms with van der Waals surface area (Å²) in [5.74, 6) is 0.396. The number of ketones is 1. The van der Waals surface area contributed by atoms with Gasteiger partial charge >= 0.3 is 0 Å². The van der Waals surface area contributed by atoms with E-state index in [1.807, 2.05) is 20.8 Å². The average Bonchev–Trinajstić information content (AvgIpc) is 2.74. The van der Waals surface area contributed by atoms with E-state index in [1.54, 1.807) is 0 Å². The van der Waals surface area contributed by atoms with Gasteiger partial charge < -0.3 is 10.2 Å². The van der Waals surface area contributed by atoms with Gasteiger partial charge in [-0.25, -0.2) is 0 Å². The van der Waals surface area contributed by atoms with Crippen LogP contribution in [0.25, 0.3) is 0 Å². The molecular weight excluding hydrogens is 288 g/mol. The van der Waals surface area contributed by atoms with Crippen LogP contribution in [0, 0.1) is 17.3 Å². The molecule has 3 heteroatoms. The van der Waals surface area contributed by atoms with Crippen LogP contribution in [-0.2, 0) is 4.79 Å². The first-order chi connectivity index (χ1) is 10.7. The summed E-state index contributed by atoms with van der Waals surface area (Å²) in [5.41, 5.74) is 2.18. The van der Waals surface area contributed by atoms with E-state index >= 15 is 0 Å². The van der Waals surface area contributed by atoms with Crippen molar-refractivity contribution in [2.24, 2.45) is 17.3 Å². The number of hydrogen-bond acceptors (Lipinski definition) is 3. The van der Waals surface area contributed by atoms with Crippen LogP contribution in [0.2, 0.25) is 0 Å². The molecule has 0 aliphatic heterocycles. The monoisotopic (exact) mass is 318 g/mol. The predicted molar refractivity (Wildman–Crippen MR) is 92.9 cm³/mol. The van der Waals surface area contributed by atoms with E-state index < -0.39 is 17.6 Å². The molecule has 0 radical (unpaired) electrons. The number of aliphatic hydroxyl groups is 2. The summed E-state index contributed by atoms with van der Waals surface area (Å²) >= 11 is 0. The van der Waals surface area contributed by atoms with Crippen molar-refractivity contribution in [2.45, 2.75) is 65.1 Å². The fourth-order valence-electron chi connectivity index (χ4n) is 4.09. The van der Waals surface area contributed by atoms with Crippen LogP contribution >= 0.6 is 0 Å². The molecule has 3 nitrogen and oxygen atoms in total. The van der Waals surface area contributed by atoms with E-state index in [4.69, 9.17) is 0 Å². The predicted octanol–water partition coefficient (Wildman–Crippen LogP) is 3.57. The van der Waals surface area contributed by atoms with Crippen LogP contribution in [0.4, 0.5) is 0 Å². The Morgan fingerprint density at radius 3 is 2.61 bits per heavy atom. The van der Waals surface area contributed by atoms with Crippen LogP contribution in [0.1, 0.15) is 52.9 Å². The molecule has 2 N–H and O–H groups in total. The standard InChI is InChI=1S/C20H30O3/c1-12(2)15-10-19(23)20(5)9-8-13(3)6-7-17(21)14(4)18(22)11-16(15)20/h8,15-18,21-22H,1,4,6-7,9-11H2,2-3,5H3/t15-,16+,17+,18-,20-/m1/s1. The van der Waals surface area contributed by atoms with Crippen molar-refractivity contribution < 1.29 is 15.0 Å². The molecule has 0 aromatic rings. The Bertz CT molecular complexity index is 545. The third-order valence-corrected chi connectivity index (χ3v) is 6.00. The topological polar surface area (TPSA) is 57.5 Å². The molecule has 0 spiro atoms. The number of rotatable bonds is 1. The maximum atomic E-state index is 12.7. The highest BCUT2D eigenvalue weighted by atomic mass is 16.3. The molecule has 0 unspecified atom stereocenters. The summed E-state index contributed by atoms with van der Waals surface area (Å²) in [6.07, 6.45) is 3.65. The number of aliphatic hydroxyl groups excluding tert-OH is 2. The van der Waals surface area contributed by atoms with Gasteiger partial charge in [-0.2, -0.15) is 0 Å². The zero-order valence-corrected chi connectivity index (χ0v) is 14.6. The minimum absolute atomic E-state index is 0.0357. The van der Waals surface area contributed by atoms with Gasteiger partial charge in [0.25, 0.3) is 0 Å². The van der Waals surface area contributed by atoms with Gasteiger partial charge in [0.05, 0.1) is 12.2 Å². The lowest BCUT2D eigenvalue weighted by Gasteiger charge is -2.34. The molecule has 0 aromatic carbocycles. The van der Waals surface area contributed by atoms with Crippen molar-refractivity contribution in [2.75, 3.05) is 0 Å². The molecule has 128 valence electrons. The van der Waals surface area contributed by atoms with Crippen LogP contribution in [0.5, 0.6) is 0 Å². The highest BCUT2D eigenvalue weighted by molar-refractivity contribution is 5.88. The number of allylic oxidation sites excluding steroid dienone is 3. The summed E-state index contributed by atoms with van der Waals surface area (Å²) in [6, 6.07) is 0. The van der Waals surface area contributed by atoms with Gasteiger partial charge in [-0.05, 0) is 56.9 Å². The van der Waals surface area contributed by atoms with E-state index in [9.17, 15) is 15.0 Å². The molecular formula is C20H30O3. The van der Waals surface area contributed by atoms with Gasteiger partial charge in [0, 0.05) is 11.8 Å². The summed E-state index contributed by atoms with van der Waals surface area (Å²) < 4.78 is 0. The normalized spacial score (nSPS) is 39.4. The average molecular weight is 318 g/mol. The second-order valence-electron chi connectivity index (χ2n) is 7.74. The number of carbonyl (C=O) groups excluding carboxylic acids is 1. The van der Waals surface area contributed by atoms with E-state index in [-0.39, 0.29) is 17.6 Å². The molecule has 2 rings (SSSR count). The molecule has 5 atom stereocenters. The number of hydrogen-bond donors (Lipinski definition) is 2. The van der Waals surface area contributed by atoms with Crippen molar-refractivity contribution in [3.05, 3.63) is 36.0 Å². The second-order valence-corrected chi connectivity index (χ2v) is 7.74. The van der Waals surface area contributed by atoms with Crippen molar-refractivity contribution in [1.29, 1.82) is 0 Å². The SMILES string of the molecule is C=C(C)[C@H]1CC(=O)[C@]2(C)CC=C(C)CC[C@H](O)C(=C)[C@H](O)C[C@@H]12. The molecule has 0 aromatic heterocycles. The van der Waals surface area contributed by atoms with Gasteiger partial charge in [-0.3, -0.25) is 4.79 Å².